The summed E-state index contributed by atoms with van der Waals surface area (Å²) in [6.45, 7) is 0.884. The zero-order valence-corrected chi connectivity index (χ0v) is 10.6. The highest BCUT2D eigenvalue weighted by Crippen LogP contribution is 2.20. The predicted octanol–water partition coefficient (Wildman–Crippen LogP) is 1.24. The third-order valence-electron chi connectivity index (χ3n) is 2.56. The maximum Gasteiger partial charge on any atom is 0.276 e. The van der Waals surface area contributed by atoms with E-state index in [1.165, 1.54) is 12.1 Å². The van der Waals surface area contributed by atoms with Crippen molar-refractivity contribution in [2.45, 2.75) is 25.7 Å². The van der Waals surface area contributed by atoms with Crippen molar-refractivity contribution in [3.05, 3.63) is 22.2 Å². The van der Waals surface area contributed by atoms with Gasteiger partial charge in [0.15, 0.2) is 0 Å². The fourth-order valence-electron chi connectivity index (χ4n) is 1.59. The van der Waals surface area contributed by atoms with Gasteiger partial charge in [0.2, 0.25) is 0 Å². The topological polar surface area (TPSA) is 126 Å². The van der Waals surface area contributed by atoms with E-state index in [9.17, 15) is 10.1 Å². The summed E-state index contributed by atoms with van der Waals surface area (Å²) in [5.41, 5.74) is 2.23. The van der Waals surface area contributed by atoms with Crippen molar-refractivity contribution in [3.8, 4) is 0 Å². The molecule has 0 radical (unpaired) electrons. The Kier molecular flexibility index (Phi) is 6.55. The van der Waals surface area contributed by atoms with Gasteiger partial charge in [-0.05, 0) is 12.8 Å². The Labute approximate surface area is 111 Å². The average Bonchev–Trinajstić information content (AvgIpc) is 2.42. The van der Waals surface area contributed by atoms with Crippen LogP contribution in [0.5, 0.6) is 0 Å². The Balaban J connectivity index is 2.48. The fourth-order valence-corrected chi connectivity index (χ4v) is 1.59. The SMILES string of the molecule is NNc1cc([N+](=O)[O-])cc(NCCCCCCO)n1. The molecule has 106 valence electrons. The summed E-state index contributed by atoms with van der Waals surface area (Å²) in [5, 5.41) is 22.4. The second-order valence-electron chi connectivity index (χ2n) is 4.06. The Morgan fingerprint density at radius 1 is 1.26 bits per heavy atom. The van der Waals surface area contributed by atoms with Crippen LogP contribution in [0.1, 0.15) is 25.7 Å². The Morgan fingerprint density at radius 2 is 1.95 bits per heavy atom. The molecule has 19 heavy (non-hydrogen) atoms. The third-order valence-corrected chi connectivity index (χ3v) is 2.56. The number of pyridine rings is 1. The monoisotopic (exact) mass is 269 g/mol. The van der Waals surface area contributed by atoms with Crippen molar-refractivity contribution in [2.75, 3.05) is 23.9 Å². The number of aliphatic hydroxyl groups excluding tert-OH is 1. The molecule has 1 rings (SSSR count). The maximum atomic E-state index is 10.7. The first-order valence-corrected chi connectivity index (χ1v) is 6.15. The van der Waals surface area contributed by atoms with Gasteiger partial charge in [-0.2, -0.15) is 0 Å². The molecule has 8 nitrogen and oxygen atoms in total. The summed E-state index contributed by atoms with van der Waals surface area (Å²) >= 11 is 0. The van der Waals surface area contributed by atoms with Crippen LogP contribution >= 0.6 is 0 Å². The molecule has 0 aliphatic heterocycles. The highest BCUT2D eigenvalue weighted by atomic mass is 16.6. The second kappa shape index (κ2) is 8.22. The van der Waals surface area contributed by atoms with Gasteiger partial charge in [0.25, 0.3) is 5.69 Å². The van der Waals surface area contributed by atoms with E-state index in [-0.39, 0.29) is 18.1 Å². The molecule has 0 aliphatic rings. The highest BCUT2D eigenvalue weighted by Gasteiger charge is 2.10. The summed E-state index contributed by atoms with van der Waals surface area (Å²) in [7, 11) is 0. The van der Waals surface area contributed by atoms with Crippen LogP contribution in [0.4, 0.5) is 17.3 Å². The van der Waals surface area contributed by atoms with Gasteiger partial charge in [-0.1, -0.05) is 12.8 Å². The molecule has 0 unspecified atom stereocenters. The van der Waals surface area contributed by atoms with Crippen LogP contribution in [0.15, 0.2) is 12.1 Å². The molecular formula is C11H19N5O3. The normalized spacial score (nSPS) is 10.2. The number of nitrogens with one attached hydrogen (secondary N) is 2. The minimum atomic E-state index is -0.491. The van der Waals surface area contributed by atoms with Gasteiger partial charge >= 0.3 is 0 Å². The fraction of sp³-hybridized carbons (Fsp3) is 0.545. The van der Waals surface area contributed by atoms with Crippen LogP contribution in [0.25, 0.3) is 0 Å². The number of nitro groups is 1. The van der Waals surface area contributed by atoms with Crippen LogP contribution in [0.3, 0.4) is 0 Å². The Morgan fingerprint density at radius 3 is 2.58 bits per heavy atom. The van der Waals surface area contributed by atoms with Crippen LogP contribution in [0.2, 0.25) is 0 Å². The Hall–Kier alpha value is -1.93. The van der Waals surface area contributed by atoms with E-state index >= 15 is 0 Å². The van der Waals surface area contributed by atoms with Crippen LogP contribution in [-0.2, 0) is 0 Å². The molecule has 0 atom stereocenters. The first-order chi connectivity index (χ1) is 9.17. The van der Waals surface area contributed by atoms with E-state index in [2.05, 4.69) is 15.7 Å². The van der Waals surface area contributed by atoms with Gasteiger partial charge < -0.3 is 15.8 Å². The van der Waals surface area contributed by atoms with Crippen molar-refractivity contribution in [3.63, 3.8) is 0 Å². The number of rotatable bonds is 9. The lowest BCUT2D eigenvalue weighted by Gasteiger charge is -2.07. The number of unbranched alkanes of at least 4 members (excludes halogenated alkanes) is 3. The van der Waals surface area contributed by atoms with Crippen LogP contribution in [-0.4, -0.2) is 28.2 Å². The second-order valence-corrected chi connectivity index (χ2v) is 4.06. The zero-order chi connectivity index (χ0) is 14.1. The van der Waals surface area contributed by atoms with Crippen molar-refractivity contribution in [1.29, 1.82) is 0 Å². The number of anilines is 2. The highest BCUT2D eigenvalue weighted by molar-refractivity contribution is 5.54. The van der Waals surface area contributed by atoms with Crippen molar-refractivity contribution in [2.24, 2.45) is 5.84 Å². The first-order valence-electron chi connectivity index (χ1n) is 6.15. The molecule has 0 fully saturated rings. The zero-order valence-electron chi connectivity index (χ0n) is 10.6. The molecule has 1 aromatic rings. The molecule has 0 aromatic carbocycles. The number of nitrogen functional groups attached to an aromatic ring is 1. The molecule has 0 aliphatic carbocycles. The lowest BCUT2D eigenvalue weighted by molar-refractivity contribution is -0.384. The summed E-state index contributed by atoms with van der Waals surface area (Å²) in [6.07, 6.45) is 3.67. The van der Waals surface area contributed by atoms with E-state index in [1.807, 2.05) is 0 Å². The summed E-state index contributed by atoms with van der Waals surface area (Å²) in [6, 6.07) is 2.64. The summed E-state index contributed by atoms with van der Waals surface area (Å²) < 4.78 is 0. The smallest absolute Gasteiger partial charge is 0.276 e. The molecule has 1 aromatic heterocycles. The molecule has 0 saturated carbocycles. The molecular weight excluding hydrogens is 250 g/mol. The largest absolute Gasteiger partial charge is 0.396 e. The number of nitrogens with two attached hydrogens (primary N) is 1. The van der Waals surface area contributed by atoms with Gasteiger partial charge in [-0.15, -0.1) is 0 Å². The lowest BCUT2D eigenvalue weighted by Crippen LogP contribution is -2.11. The predicted molar refractivity (Wildman–Crippen MR) is 72.7 cm³/mol. The van der Waals surface area contributed by atoms with Crippen molar-refractivity contribution in [1.82, 2.24) is 4.98 Å². The summed E-state index contributed by atoms with van der Waals surface area (Å²) in [4.78, 5) is 14.3. The van der Waals surface area contributed by atoms with Gasteiger partial charge in [-0.25, -0.2) is 10.8 Å². The molecule has 0 amide bonds. The molecule has 0 spiro atoms. The summed E-state index contributed by atoms with van der Waals surface area (Å²) in [5.74, 6) is 5.88. The number of hydrogen-bond acceptors (Lipinski definition) is 7. The van der Waals surface area contributed by atoms with E-state index in [0.29, 0.717) is 12.4 Å². The molecule has 1 heterocycles. The number of hydrazine groups is 1. The van der Waals surface area contributed by atoms with Crippen molar-refractivity contribution < 1.29 is 10.0 Å². The lowest BCUT2D eigenvalue weighted by atomic mass is 10.2. The van der Waals surface area contributed by atoms with E-state index in [1.54, 1.807) is 0 Å². The minimum absolute atomic E-state index is 0.0641. The minimum Gasteiger partial charge on any atom is -0.396 e. The molecule has 5 N–H and O–H groups in total. The van der Waals surface area contributed by atoms with Gasteiger partial charge in [0.05, 0.1) is 17.1 Å². The van der Waals surface area contributed by atoms with E-state index in [0.717, 1.165) is 25.7 Å². The van der Waals surface area contributed by atoms with Crippen LogP contribution < -0.4 is 16.6 Å². The van der Waals surface area contributed by atoms with Gasteiger partial charge in [-0.3, -0.25) is 10.1 Å². The maximum absolute atomic E-state index is 10.7. The van der Waals surface area contributed by atoms with E-state index in [4.69, 9.17) is 10.9 Å². The number of aliphatic hydroxyl groups is 1. The molecule has 8 heteroatoms. The van der Waals surface area contributed by atoms with Gasteiger partial charge in [0.1, 0.15) is 11.6 Å². The molecule has 0 bridgehead atoms. The number of nitrogens with zero attached hydrogens (tertiary/aromatic N) is 2. The van der Waals surface area contributed by atoms with Crippen LogP contribution in [0, 0.1) is 10.1 Å². The standard InChI is InChI=1S/C11H19N5O3/c12-15-11-8-9(16(18)19)7-10(14-11)13-5-3-1-2-4-6-17/h7-8,17H,1-6,12H2,(H2,13,14,15). The van der Waals surface area contributed by atoms with E-state index < -0.39 is 4.92 Å². The number of aromatic nitrogens is 1. The Bertz CT molecular complexity index is 413. The molecule has 0 saturated heterocycles. The quantitative estimate of drug-likeness (QED) is 0.230. The van der Waals surface area contributed by atoms with Gasteiger partial charge in [0, 0.05) is 13.2 Å². The average molecular weight is 269 g/mol. The number of hydrogen-bond donors (Lipinski definition) is 4. The van der Waals surface area contributed by atoms with Crippen molar-refractivity contribution >= 4 is 17.3 Å². The third kappa shape index (κ3) is 5.49. The first kappa shape index (κ1) is 15.1.